The summed E-state index contributed by atoms with van der Waals surface area (Å²) >= 11 is 0. The van der Waals surface area contributed by atoms with Crippen LogP contribution in [0.4, 0.5) is 5.69 Å². The van der Waals surface area contributed by atoms with E-state index in [1.54, 1.807) is 19.3 Å². The van der Waals surface area contributed by atoms with E-state index in [2.05, 4.69) is 11.9 Å². The highest BCUT2D eigenvalue weighted by Gasteiger charge is 2.05. The molecule has 0 saturated heterocycles. The number of likely N-dealkylation sites (N-methyl/N-ethyl adjacent to an activating group) is 1. The molecule has 1 N–H and O–H groups in total. The second-order valence-electron chi connectivity index (χ2n) is 3.77. The fourth-order valence-electron chi connectivity index (χ4n) is 1.43. The summed E-state index contributed by atoms with van der Waals surface area (Å²) in [5, 5.41) is 2.81. The Kier molecular flexibility index (Phi) is 5.23. The van der Waals surface area contributed by atoms with Crippen LogP contribution in [-0.4, -0.2) is 38.1 Å². The Labute approximate surface area is 102 Å². The first-order valence-corrected chi connectivity index (χ1v) is 5.39. The molecule has 1 aromatic carbocycles. The van der Waals surface area contributed by atoms with Gasteiger partial charge in [-0.1, -0.05) is 12.1 Å². The average molecular weight is 234 g/mol. The van der Waals surface area contributed by atoms with Gasteiger partial charge >= 0.3 is 0 Å². The first-order valence-electron chi connectivity index (χ1n) is 5.39. The zero-order valence-electron chi connectivity index (χ0n) is 10.3. The van der Waals surface area contributed by atoms with Crippen molar-refractivity contribution in [3.05, 3.63) is 36.9 Å². The molecule has 0 aliphatic heterocycles. The van der Waals surface area contributed by atoms with E-state index < -0.39 is 0 Å². The summed E-state index contributed by atoms with van der Waals surface area (Å²) in [6, 6.07) is 7.28. The van der Waals surface area contributed by atoms with Crippen molar-refractivity contribution in [3.8, 4) is 5.75 Å². The molecule has 1 rings (SSSR count). The fraction of sp³-hybridized carbons (Fsp3) is 0.308. The predicted molar refractivity (Wildman–Crippen MR) is 69.3 cm³/mol. The normalized spacial score (nSPS) is 10.1. The van der Waals surface area contributed by atoms with Crippen LogP contribution >= 0.6 is 0 Å². The van der Waals surface area contributed by atoms with Crippen molar-refractivity contribution in [1.29, 1.82) is 0 Å². The molecule has 0 saturated carbocycles. The Morgan fingerprint density at radius 1 is 1.59 bits per heavy atom. The quantitative estimate of drug-likeness (QED) is 0.762. The molecule has 1 aromatic rings. The van der Waals surface area contributed by atoms with Crippen LogP contribution in [0.3, 0.4) is 0 Å². The molecule has 4 heteroatoms. The minimum atomic E-state index is -0.0531. The lowest BCUT2D eigenvalue weighted by Crippen LogP contribution is -2.30. The highest BCUT2D eigenvalue weighted by Crippen LogP contribution is 2.16. The maximum absolute atomic E-state index is 11.7. The number of nitrogens with zero attached hydrogens (tertiary/aromatic N) is 1. The molecule has 0 aliphatic rings. The van der Waals surface area contributed by atoms with E-state index in [0.29, 0.717) is 13.1 Å². The number of methoxy groups -OCH3 is 1. The number of carbonyl (C=O) groups is 1. The number of benzene rings is 1. The molecule has 17 heavy (non-hydrogen) atoms. The average Bonchev–Trinajstić information content (AvgIpc) is 2.29. The van der Waals surface area contributed by atoms with E-state index in [1.807, 2.05) is 30.1 Å². The minimum Gasteiger partial charge on any atom is -0.497 e. The highest BCUT2D eigenvalue weighted by molar-refractivity contribution is 5.92. The van der Waals surface area contributed by atoms with Gasteiger partial charge in [0.1, 0.15) is 5.75 Å². The van der Waals surface area contributed by atoms with E-state index in [-0.39, 0.29) is 5.91 Å². The Morgan fingerprint density at radius 3 is 3.00 bits per heavy atom. The molecule has 0 bridgehead atoms. The van der Waals surface area contributed by atoms with Gasteiger partial charge in [-0.25, -0.2) is 0 Å². The molecule has 0 aliphatic carbocycles. The number of nitrogens with one attached hydrogen (secondary N) is 1. The number of anilines is 1. The van der Waals surface area contributed by atoms with Crippen LogP contribution in [0.25, 0.3) is 0 Å². The third kappa shape index (κ3) is 4.70. The first-order chi connectivity index (χ1) is 8.15. The van der Waals surface area contributed by atoms with Crippen LogP contribution in [-0.2, 0) is 4.79 Å². The smallest absolute Gasteiger partial charge is 0.238 e. The minimum absolute atomic E-state index is 0.0531. The first kappa shape index (κ1) is 13.3. The Bertz CT molecular complexity index is 391. The van der Waals surface area contributed by atoms with Gasteiger partial charge in [-0.15, -0.1) is 6.58 Å². The van der Waals surface area contributed by atoms with Crippen molar-refractivity contribution in [1.82, 2.24) is 4.90 Å². The summed E-state index contributed by atoms with van der Waals surface area (Å²) in [5.41, 5.74) is 0.737. The lowest BCUT2D eigenvalue weighted by Gasteiger charge is -2.14. The van der Waals surface area contributed by atoms with Crippen molar-refractivity contribution < 1.29 is 9.53 Å². The monoisotopic (exact) mass is 234 g/mol. The number of rotatable bonds is 6. The van der Waals surface area contributed by atoms with E-state index in [1.165, 1.54) is 0 Å². The molecule has 0 unspecified atom stereocenters. The molecular weight excluding hydrogens is 216 g/mol. The van der Waals surface area contributed by atoms with Gasteiger partial charge in [0.05, 0.1) is 13.7 Å². The van der Waals surface area contributed by atoms with Crippen molar-refractivity contribution in [2.24, 2.45) is 0 Å². The standard InChI is InChI=1S/C13H18N2O2/c1-4-8-15(2)10-13(16)14-11-6-5-7-12(9-11)17-3/h4-7,9H,1,8,10H2,2-3H3,(H,14,16). The third-order valence-electron chi connectivity index (χ3n) is 2.21. The summed E-state index contributed by atoms with van der Waals surface area (Å²) in [7, 11) is 3.46. The maximum Gasteiger partial charge on any atom is 0.238 e. The highest BCUT2D eigenvalue weighted by atomic mass is 16.5. The zero-order valence-corrected chi connectivity index (χ0v) is 10.3. The van der Waals surface area contributed by atoms with E-state index in [4.69, 9.17) is 4.74 Å². The van der Waals surface area contributed by atoms with Crippen LogP contribution in [0.1, 0.15) is 0 Å². The van der Waals surface area contributed by atoms with Gasteiger partial charge < -0.3 is 10.1 Å². The summed E-state index contributed by atoms with van der Waals surface area (Å²) in [6.07, 6.45) is 1.76. The van der Waals surface area contributed by atoms with E-state index in [9.17, 15) is 4.79 Å². The summed E-state index contributed by atoms with van der Waals surface area (Å²) < 4.78 is 5.08. The van der Waals surface area contributed by atoms with Crippen LogP contribution in [0.2, 0.25) is 0 Å². The number of carbonyl (C=O) groups excluding carboxylic acids is 1. The molecule has 0 aromatic heterocycles. The van der Waals surface area contributed by atoms with Crippen LogP contribution in [0, 0.1) is 0 Å². The van der Waals surface area contributed by atoms with Crippen LogP contribution in [0.5, 0.6) is 5.75 Å². The second kappa shape index (κ2) is 6.70. The van der Waals surface area contributed by atoms with Crippen molar-refractivity contribution in [2.75, 3.05) is 32.6 Å². The number of hydrogen-bond donors (Lipinski definition) is 1. The van der Waals surface area contributed by atoms with Gasteiger partial charge in [0.2, 0.25) is 5.91 Å². The molecule has 0 atom stereocenters. The van der Waals surface area contributed by atoms with Crippen molar-refractivity contribution in [2.45, 2.75) is 0 Å². The molecule has 92 valence electrons. The molecule has 0 radical (unpaired) electrons. The lowest BCUT2D eigenvalue weighted by atomic mass is 10.3. The number of hydrogen-bond acceptors (Lipinski definition) is 3. The maximum atomic E-state index is 11.7. The Morgan fingerprint density at radius 2 is 2.35 bits per heavy atom. The topological polar surface area (TPSA) is 41.6 Å². The predicted octanol–water partition coefficient (Wildman–Crippen LogP) is 1.75. The van der Waals surface area contributed by atoms with Gasteiger partial charge in [-0.05, 0) is 19.2 Å². The second-order valence-corrected chi connectivity index (χ2v) is 3.77. The van der Waals surface area contributed by atoms with Crippen LogP contribution in [0.15, 0.2) is 36.9 Å². The van der Waals surface area contributed by atoms with Gasteiger partial charge in [0, 0.05) is 18.3 Å². The van der Waals surface area contributed by atoms with Gasteiger partial charge in [0.15, 0.2) is 0 Å². The van der Waals surface area contributed by atoms with Gasteiger partial charge in [-0.2, -0.15) is 0 Å². The SMILES string of the molecule is C=CCN(C)CC(=O)Nc1cccc(OC)c1. The Balaban J connectivity index is 2.52. The third-order valence-corrected chi connectivity index (χ3v) is 2.21. The number of ether oxygens (including phenoxy) is 1. The molecule has 0 heterocycles. The van der Waals surface area contributed by atoms with E-state index >= 15 is 0 Å². The lowest BCUT2D eigenvalue weighted by molar-refractivity contribution is -0.116. The summed E-state index contributed by atoms with van der Waals surface area (Å²) in [5.74, 6) is 0.671. The van der Waals surface area contributed by atoms with Gasteiger partial charge in [0.25, 0.3) is 0 Å². The van der Waals surface area contributed by atoms with Crippen LogP contribution < -0.4 is 10.1 Å². The zero-order chi connectivity index (χ0) is 12.7. The number of amides is 1. The fourth-order valence-corrected chi connectivity index (χ4v) is 1.43. The molecule has 0 fully saturated rings. The van der Waals surface area contributed by atoms with Crippen molar-refractivity contribution in [3.63, 3.8) is 0 Å². The largest absolute Gasteiger partial charge is 0.497 e. The summed E-state index contributed by atoms with van der Waals surface area (Å²) in [4.78, 5) is 13.5. The molecule has 1 amide bonds. The molecule has 4 nitrogen and oxygen atoms in total. The molecular formula is C13H18N2O2. The molecule has 0 spiro atoms. The Hall–Kier alpha value is -1.81. The van der Waals surface area contributed by atoms with Gasteiger partial charge in [-0.3, -0.25) is 9.69 Å². The van der Waals surface area contributed by atoms with Crippen molar-refractivity contribution >= 4 is 11.6 Å². The van der Waals surface area contributed by atoms with E-state index in [0.717, 1.165) is 11.4 Å². The summed E-state index contributed by atoms with van der Waals surface area (Å²) in [6.45, 7) is 4.65.